The van der Waals surface area contributed by atoms with Gasteiger partial charge in [-0.3, -0.25) is 9.88 Å². The van der Waals surface area contributed by atoms with Crippen molar-refractivity contribution < 1.29 is 13.5 Å². The van der Waals surface area contributed by atoms with Crippen molar-refractivity contribution in [1.29, 1.82) is 0 Å². The van der Waals surface area contributed by atoms with Crippen LogP contribution in [0.1, 0.15) is 0 Å². The summed E-state index contributed by atoms with van der Waals surface area (Å²) in [5, 5.41) is 9.05. The molecule has 0 radical (unpaired) electrons. The van der Waals surface area contributed by atoms with Crippen LogP contribution in [0.3, 0.4) is 0 Å². The molecule has 0 aromatic carbocycles. The number of hydrogen-bond acceptors (Lipinski definition) is 5. The van der Waals surface area contributed by atoms with Crippen molar-refractivity contribution in [2.75, 3.05) is 39.3 Å². The molecule has 19 heavy (non-hydrogen) atoms. The van der Waals surface area contributed by atoms with Crippen LogP contribution in [-0.2, 0) is 10.0 Å². The van der Waals surface area contributed by atoms with Crippen LogP contribution >= 0.6 is 11.6 Å². The number of rotatable bonds is 4. The Bertz CT molecular complexity index is 530. The molecule has 0 bridgehead atoms. The van der Waals surface area contributed by atoms with Crippen molar-refractivity contribution >= 4 is 21.6 Å². The van der Waals surface area contributed by atoms with E-state index >= 15 is 0 Å². The summed E-state index contributed by atoms with van der Waals surface area (Å²) < 4.78 is 26.2. The smallest absolute Gasteiger partial charge is 0.246 e. The van der Waals surface area contributed by atoms with Crippen LogP contribution in [0.5, 0.6) is 0 Å². The van der Waals surface area contributed by atoms with Crippen molar-refractivity contribution in [3.8, 4) is 0 Å². The average Bonchev–Trinajstić information content (AvgIpc) is 2.40. The molecule has 1 aromatic heterocycles. The molecule has 6 nitrogen and oxygen atoms in total. The number of hydrogen-bond donors (Lipinski definition) is 1. The second-order valence-corrected chi connectivity index (χ2v) is 6.59. The summed E-state index contributed by atoms with van der Waals surface area (Å²) >= 11 is 5.92. The van der Waals surface area contributed by atoms with Gasteiger partial charge in [0, 0.05) is 45.1 Å². The van der Waals surface area contributed by atoms with Crippen molar-refractivity contribution in [3.63, 3.8) is 0 Å². The van der Waals surface area contributed by atoms with E-state index in [0.717, 1.165) is 0 Å². The Morgan fingerprint density at radius 3 is 2.58 bits per heavy atom. The minimum atomic E-state index is -3.58. The van der Waals surface area contributed by atoms with Gasteiger partial charge in [-0.1, -0.05) is 11.6 Å². The van der Waals surface area contributed by atoms with Gasteiger partial charge in [-0.2, -0.15) is 4.31 Å². The maximum absolute atomic E-state index is 12.4. The molecule has 1 fully saturated rings. The highest BCUT2D eigenvalue weighted by atomic mass is 35.5. The van der Waals surface area contributed by atoms with Crippen LogP contribution in [0.2, 0.25) is 5.02 Å². The summed E-state index contributed by atoms with van der Waals surface area (Å²) in [6, 6.07) is 1.47. The average molecular weight is 306 g/mol. The van der Waals surface area contributed by atoms with Crippen molar-refractivity contribution in [2.24, 2.45) is 0 Å². The molecular formula is C11H16ClN3O3S. The van der Waals surface area contributed by atoms with Gasteiger partial charge in [0.25, 0.3) is 0 Å². The van der Waals surface area contributed by atoms with E-state index < -0.39 is 10.0 Å². The molecule has 1 saturated heterocycles. The number of piperazine rings is 1. The number of aliphatic hydroxyl groups excluding tert-OH is 1. The van der Waals surface area contributed by atoms with Gasteiger partial charge >= 0.3 is 0 Å². The monoisotopic (exact) mass is 305 g/mol. The van der Waals surface area contributed by atoms with E-state index in [1.54, 1.807) is 0 Å². The molecule has 1 aliphatic heterocycles. The van der Waals surface area contributed by atoms with Gasteiger partial charge in [0.15, 0.2) is 0 Å². The van der Waals surface area contributed by atoms with Crippen LogP contribution in [0.4, 0.5) is 0 Å². The Kier molecular flexibility index (Phi) is 4.75. The number of sulfonamides is 1. The van der Waals surface area contributed by atoms with Gasteiger partial charge in [-0.05, 0) is 6.07 Å². The predicted molar refractivity (Wildman–Crippen MR) is 71.5 cm³/mol. The molecule has 1 N–H and O–H groups in total. The fourth-order valence-electron chi connectivity index (χ4n) is 2.03. The summed E-state index contributed by atoms with van der Waals surface area (Å²) in [6.45, 7) is 2.67. The van der Waals surface area contributed by atoms with Gasteiger partial charge in [-0.15, -0.1) is 0 Å². The molecule has 0 aliphatic carbocycles. The lowest BCUT2D eigenvalue weighted by molar-refractivity contribution is 0.151. The normalized spacial score (nSPS) is 18.6. The second kappa shape index (κ2) is 6.15. The van der Waals surface area contributed by atoms with Crippen molar-refractivity contribution in [2.45, 2.75) is 4.90 Å². The van der Waals surface area contributed by atoms with E-state index in [-0.39, 0.29) is 16.5 Å². The summed E-state index contributed by atoms with van der Waals surface area (Å²) in [5.41, 5.74) is 0. The summed E-state index contributed by atoms with van der Waals surface area (Å²) in [5.74, 6) is 0. The summed E-state index contributed by atoms with van der Waals surface area (Å²) in [6.07, 6.45) is 2.73. The molecule has 0 amide bonds. The molecule has 8 heteroatoms. The Labute approximate surface area is 117 Å². The Balaban J connectivity index is 2.12. The molecule has 0 spiro atoms. The van der Waals surface area contributed by atoms with Crippen molar-refractivity contribution in [3.05, 3.63) is 23.5 Å². The summed E-state index contributed by atoms with van der Waals surface area (Å²) in [4.78, 5) is 5.89. The standard InChI is InChI=1S/C11H16ClN3O3S/c12-10-1-2-13-9-11(10)19(17,18)15-5-3-14(4-6-15)7-8-16/h1-2,9,16H,3-8H2. The molecular weight excluding hydrogens is 290 g/mol. The van der Waals surface area contributed by atoms with Gasteiger partial charge in [0.2, 0.25) is 10.0 Å². The minimum Gasteiger partial charge on any atom is -0.395 e. The van der Waals surface area contributed by atoms with E-state index in [4.69, 9.17) is 16.7 Å². The second-order valence-electron chi connectivity index (χ2n) is 4.28. The van der Waals surface area contributed by atoms with E-state index in [0.29, 0.717) is 32.7 Å². The Morgan fingerprint density at radius 1 is 1.32 bits per heavy atom. The third-order valence-corrected chi connectivity index (χ3v) is 5.47. The lowest BCUT2D eigenvalue weighted by atomic mass is 10.4. The van der Waals surface area contributed by atoms with E-state index in [1.807, 2.05) is 4.90 Å². The molecule has 1 aromatic rings. The van der Waals surface area contributed by atoms with Crippen LogP contribution in [-0.4, -0.2) is 67.0 Å². The largest absolute Gasteiger partial charge is 0.395 e. The van der Waals surface area contributed by atoms with Crippen LogP contribution in [0.15, 0.2) is 23.4 Å². The van der Waals surface area contributed by atoms with E-state index in [9.17, 15) is 8.42 Å². The number of aliphatic hydroxyl groups is 1. The van der Waals surface area contributed by atoms with Gasteiger partial charge in [0.05, 0.1) is 11.6 Å². The number of β-amino-alcohol motifs (C(OH)–C–C–N with tert-alkyl or cyclic N) is 1. The first-order valence-corrected chi connectivity index (χ1v) is 7.80. The van der Waals surface area contributed by atoms with Gasteiger partial charge < -0.3 is 5.11 Å². The predicted octanol–water partition coefficient (Wildman–Crippen LogP) is 0.0336. The quantitative estimate of drug-likeness (QED) is 0.850. The third-order valence-electron chi connectivity index (χ3n) is 3.10. The highest BCUT2D eigenvalue weighted by Gasteiger charge is 2.29. The molecule has 0 saturated carbocycles. The zero-order valence-corrected chi connectivity index (χ0v) is 11.9. The fourth-order valence-corrected chi connectivity index (χ4v) is 3.86. The van der Waals surface area contributed by atoms with Gasteiger partial charge in [0.1, 0.15) is 4.90 Å². The van der Waals surface area contributed by atoms with E-state index in [2.05, 4.69) is 4.98 Å². The Morgan fingerprint density at radius 2 is 2.00 bits per heavy atom. The number of aromatic nitrogens is 1. The zero-order chi connectivity index (χ0) is 13.9. The molecule has 0 unspecified atom stereocenters. The highest BCUT2D eigenvalue weighted by molar-refractivity contribution is 7.89. The maximum atomic E-state index is 12.4. The molecule has 2 rings (SSSR count). The SMILES string of the molecule is O=S(=O)(c1cnccc1Cl)N1CCN(CCO)CC1. The summed E-state index contributed by atoms with van der Waals surface area (Å²) in [7, 11) is -3.58. The maximum Gasteiger partial charge on any atom is 0.246 e. The van der Waals surface area contributed by atoms with E-state index in [1.165, 1.54) is 22.8 Å². The van der Waals surface area contributed by atoms with Crippen molar-refractivity contribution in [1.82, 2.24) is 14.2 Å². The number of nitrogens with zero attached hydrogens (tertiary/aromatic N) is 3. The number of pyridine rings is 1. The topological polar surface area (TPSA) is 73.7 Å². The highest BCUT2D eigenvalue weighted by Crippen LogP contribution is 2.23. The minimum absolute atomic E-state index is 0.0484. The van der Waals surface area contributed by atoms with Crippen LogP contribution < -0.4 is 0 Å². The first-order valence-electron chi connectivity index (χ1n) is 5.98. The van der Waals surface area contributed by atoms with Crippen LogP contribution in [0.25, 0.3) is 0 Å². The number of halogens is 1. The fraction of sp³-hybridized carbons (Fsp3) is 0.545. The zero-order valence-electron chi connectivity index (χ0n) is 10.4. The lowest BCUT2D eigenvalue weighted by Crippen LogP contribution is -2.49. The van der Waals surface area contributed by atoms with Crippen LogP contribution in [0, 0.1) is 0 Å². The first-order chi connectivity index (χ1) is 9.05. The molecule has 0 atom stereocenters. The third kappa shape index (κ3) is 3.24. The Hall–Kier alpha value is -0.730. The lowest BCUT2D eigenvalue weighted by Gasteiger charge is -2.33. The molecule has 106 valence electrons. The first kappa shape index (κ1) is 14.7. The van der Waals surface area contributed by atoms with Gasteiger partial charge in [-0.25, -0.2) is 8.42 Å². The molecule has 2 heterocycles. The molecule has 1 aliphatic rings.